The minimum Gasteiger partial charge on any atom is -0.375 e. The first-order valence-electron chi connectivity index (χ1n) is 4.23. The van der Waals surface area contributed by atoms with Gasteiger partial charge in [0.25, 0.3) is 0 Å². The smallest absolute Gasteiger partial charge is 0.375 e. The number of nitrogens with zero attached hydrogens (tertiary/aromatic N) is 2. The molecule has 0 unspecified atom stereocenters. The van der Waals surface area contributed by atoms with Crippen LogP contribution in [0, 0.1) is 0 Å². The minimum atomic E-state index is -5.17. The van der Waals surface area contributed by atoms with Crippen LogP contribution in [0.5, 0.6) is 0 Å². The molecule has 0 aliphatic carbocycles. The summed E-state index contributed by atoms with van der Waals surface area (Å²) >= 11 is 0. The molecule has 0 atom stereocenters. The van der Waals surface area contributed by atoms with Gasteiger partial charge in [0.15, 0.2) is 0 Å². The molecule has 16 heavy (non-hydrogen) atoms. The lowest BCUT2D eigenvalue weighted by molar-refractivity contribution is 0.435. The Balaban J connectivity index is 0.000000385. The van der Waals surface area contributed by atoms with E-state index in [4.69, 9.17) is 13.0 Å². The molecule has 1 aromatic rings. The molecule has 1 aromatic heterocycles. The summed E-state index contributed by atoms with van der Waals surface area (Å²) < 4.78 is 36.1. The molecule has 0 aliphatic heterocycles. The van der Waals surface area contributed by atoms with Crippen LogP contribution in [0.2, 0.25) is 0 Å². The Morgan fingerprint density at radius 2 is 2.00 bits per heavy atom. The number of halogens is 1. The van der Waals surface area contributed by atoms with E-state index in [0.717, 1.165) is 11.3 Å². The SMILES string of the molecule is CN=c1cccc(NC)n1C.O=S(=O)(O)F. The fourth-order valence-electron chi connectivity index (χ4n) is 1.05. The van der Waals surface area contributed by atoms with Crippen molar-refractivity contribution in [2.24, 2.45) is 12.0 Å². The van der Waals surface area contributed by atoms with Crippen LogP contribution in [-0.4, -0.2) is 31.6 Å². The number of nitrogens with one attached hydrogen (secondary N) is 1. The van der Waals surface area contributed by atoms with Crippen LogP contribution in [0.4, 0.5) is 9.70 Å². The van der Waals surface area contributed by atoms with E-state index in [-0.39, 0.29) is 0 Å². The van der Waals surface area contributed by atoms with Crippen molar-refractivity contribution in [2.45, 2.75) is 0 Å². The Hall–Kier alpha value is -1.41. The lowest BCUT2D eigenvalue weighted by Crippen LogP contribution is -2.19. The van der Waals surface area contributed by atoms with Crippen LogP contribution < -0.4 is 10.8 Å². The number of rotatable bonds is 1. The van der Waals surface area contributed by atoms with E-state index >= 15 is 0 Å². The molecule has 0 aliphatic rings. The highest BCUT2D eigenvalue weighted by molar-refractivity contribution is 7.80. The third-order valence-electron chi connectivity index (χ3n) is 1.69. The summed E-state index contributed by atoms with van der Waals surface area (Å²) in [7, 11) is 0.498. The molecule has 8 heteroatoms. The largest absolute Gasteiger partial charge is 0.435 e. The van der Waals surface area contributed by atoms with E-state index in [9.17, 15) is 3.89 Å². The first-order valence-corrected chi connectivity index (χ1v) is 5.57. The van der Waals surface area contributed by atoms with Crippen molar-refractivity contribution in [3.05, 3.63) is 23.7 Å². The summed E-state index contributed by atoms with van der Waals surface area (Å²) in [5, 5.41) is 3.07. The molecule has 0 saturated carbocycles. The average molecular weight is 251 g/mol. The second-order valence-corrected chi connectivity index (χ2v) is 3.54. The van der Waals surface area contributed by atoms with E-state index in [1.807, 2.05) is 36.9 Å². The number of hydrogen-bond acceptors (Lipinski definition) is 4. The molecule has 0 fully saturated rings. The molecule has 0 aromatic carbocycles. The number of aromatic nitrogens is 1. The lowest BCUT2D eigenvalue weighted by Gasteiger charge is -2.06. The normalized spacial score (nSPS) is 11.7. The lowest BCUT2D eigenvalue weighted by atomic mass is 10.4. The topological polar surface area (TPSA) is 83.7 Å². The van der Waals surface area contributed by atoms with Gasteiger partial charge in [-0.05, 0) is 12.1 Å². The molecule has 0 radical (unpaired) electrons. The van der Waals surface area contributed by atoms with Crippen molar-refractivity contribution in [3.63, 3.8) is 0 Å². The van der Waals surface area contributed by atoms with Gasteiger partial charge in [-0.1, -0.05) is 9.95 Å². The zero-order valence-corrected chi connectivity index (χ0v) is 9.99. The molecular weight excluding hydrogens is 237 g/mol. The summed E-state index contributed by atoms with van der Waals surface area (Å²) in [6, 6.07) is 5.96. The van der Waals surface area contributed by atoms with Gasteiger partial charge in [0.05, 0.1) is 0 Å². The Bertz CT molecular complexity index is 487. The molecule has 6 nitrogen and oxygen atoms in total. The van der Waals surface area contributed by atoms with Crippen LogP contribution in [-0.2, 0) is 17.6 Å². The Morgan fingerprint density at radius 1 is 1.50 bits per heavy atom. The quantitative estimate of drug-likeness (QED) is 0.557. The third-order valence-corrected chi connectivity index (χ3v) is 1.69. The monoisotopic (exact) mass is 251 g/mol. The maximum atomic E-state index is 10.2. The van der Waals surface area contributed by atoms with E-state index in [1.165, 1.54) is 0 Å². The zero-order chi connectivity index (χ0) is 12.8. The first-order chi connectivity index (χ1) is 7.29. The highest BCUT2D eigenvalue weighted by Crippen LogP contribution is 1.98. The van der Waals surface area contributed by atoms with Gasteiger partial charge in [-0.25, -0.2) is 0 Å². The van der Waals surface area contributed by atoms with E-state index in [1.54, 1.807) is 7.05 Å². The predicted octanol–water partition coefficient (Wildman–Crippen LogP) is 0.356. The molecule has 0 spiro atoms. The second kappa shape index (κ2) is 6.23. The van der Waals surface area contributed by atoms with Gasteiger partial charge in [0, 0.05) is 21.1 Å². The Morgan fingerprint density at radius 3 is 2.38 bits per heavy atom. The van der Waals surface area contributed by atoms with Crippen molar-refractivity contribution < 1.29 is 16.9 Å². The molecule has 92 valence electrons. The number of pyridine rings is 1. The molecule has 2 N–H and O–H groups in total. The highest BCUT2D eigenvalue weighted by atomic mass is 32.3. The van der Waals surface area contributed by atoms with Gasteiger partial charge >= 0.3 is 10.5 Å². The maximum Gasteiger partial charge on any atom is 0.435 e. The van der Waals surface area contributed by atoms with Gasteiger partial charge in [0.2, 0.25) is 0 Å². The van der Waals surface area contributed by atoms with Gasteiger partial charge in [-0.3, -0.25) is 9.55 Å². The highest BCUT2D eigenvalue weighted by Gasteiger charge is 1.91. The summed E-state index contributed by atoms with van der Waals surface area (Å²) in [5.41, 5.74) is 0.969. The van der Waals surface area contributed by atoms with Gasteiger partial charge in [0.1, 0.15) is 11.3 Å². The molecule has 1 heterocycles. The van der Waals surface area contributed by atoms with Gasteiger partial charge in [-0.2, -0.15) is 8.42 Å². The first kappa shape index (κ1) is 14.6. The fourth-order valence-corrected chi connectivity index (χ4v) is 1.05. The zero-order valence-electron chi connectivity index (χ0n) is 9.18. The Kier molecular flexibility index (Phi) is 5.68. The molecule has 0 amide bonds. The Labute approximate surface area is 93.5 Å². The standard InChI is InChI=1S/C8H13N3.FHO3S/c1-9-7-5-4-6-8(10-2)11(7)3;1-5(2,3)4/h4-6,9H,1-3H3;(H,2,3,4). The molecule has 1 rings (SSSR count). The summed E-state index contributed by atoms with van der Waals surface area (Å²) in [4.78, 5) is 4.10. The fraction of sp³-hybridized carbons (Fsp3) is 0.375. The minimum absolute atomic E-state index is 0.969. The van der Waals surface area contributed by atoms with Crippen molar-refractivity contribution in [2.75, 3.05) is 19.4 Å². The van der Waals surface area contributed by atoms with Crippen LogP contribution in [0.25, 0.3) is 0 Å². The number of hydrogen-bond donors (Lipinski definition) is 2. The van der Waals surface area contributed by atoms with E-state index < -0.39 is 10.5 Å². The van der Waals surface area contributed by atoms with Gasteiger partial charge in [-0.15, -0.1) is 0 Å². The van der Waals surface area contributed by atoms with E-state index in [2.05, 4.69) is 10.3 Å². The van der Waals surface area contributed by atoms with Gasteiger partial charge < -0.3 is 9.88 Å². The van der Waals surface area contributed by atoms with E-state index in [0.29, 0.717) is 0 Å². The summed E-state index contributed by atoms with van der Waals surface area (Å²) in [6.45, 7) is 0. The van der Waals surface area contributed by atoms with Crippen LogP contribution in [0.3, 0.4) is 0 Å². The molecule has 0 bridgehead atoms. The van der Waals surface area contributed by atoms with Crippen molar-refractivity contribution >= 4 is 16.3 Å². The average Bonchev–Trinajstić information content (AvgIpc) is 2.16. The summed E-state index contributed by atoms with van der Waals surface area (Å²) in [6.07, 6.45) is 0. The summed E-state index contributed by atoms with van der Waals surface area (Å²) in [5.74, 6) is 1.06. The molecule has 0 saturated heterocycles. The van der Waals surface area contributed by atoms with Crippen molar-refractivity contribution in [1.29, 1.82) is 0 Å². The maximum absolute atomic E-state index is 10.2. The van der Waals surface area contributed by atoms with Crippen molar-refractivity contribution in [1.82, 2.24) is 4.57 Å². The second-order valence-electron chi connectivity index (χ2n) is 2.71. The van der Waals surface area contributed by atoms with Crippen LogP contribution in [0.15, 0.2) is 23.2 Å². The van der Waals surface area contributed by atoms with Crippen molar-refractivity contribution in [3.8, 4) is 0 Å². The molecular formula is C8H14FN3O3S. The number of anilines is 1. The van der Waals surface area contributed by atoms with Crippen LogP contribution in [0.1, 0.15) is 0 Å². The predicted molar refractivity (Wildman–Crippen MR) is 59.1 cm³/mol. The third kappa shape index (κ3) is 6.14. The van der Waals surface area contributed by atoms with Crippen LogP contribution >= 0.6 is 0 Å².